The number of nitrogens with zero attached hydrogens (tertiary/aromatic N) is 2. The fraction of sp³-hybridized carbons (Fsp3) is 0.0400. The number of carboxylic acids is 1. The van der Waals surface area contributed by atoms with Gasteiger partial charge in [0.05, 0.1) is 16.2 Å². The summed E-state index contributed by atoms with van der Waals surface area (Å²) in [4.78, 5) is 60.4. The molecule has 4 amide bonds. The molecule has 1 aliphatic rings. The van der Waals surface area contributed by atoms with E-state index < -0.39 is 28.7 Å². The van der Waals surface area contributed by atoms with Crippen molar-refractivity contribution in [2.24, 2.45) is 0 Å². The first-order valence-electron chi connectivity index (χ1n) is 10.5. The average molecular weight is 566 g/mol. The van der Waals surface area contributed by atoms with Crippen LogP contribution >= 0.6 is 15.9 Å². The van der Waals surface area contributed by atoms with Gasteiger partial charge < -0.3 is 9.84 Å². The van der Waals surface area contributed by atoms with Crippen molar-refractivity contribution in [3.63, 3.8) is 0 Å². The Morgan fingerprint density at radius 1 is 1.08 bits per heavy atom. The third-order valence-electron chi connectivity index (χ3n) is 5.27. The van der Waals surface area contributed by atoms with Gasteiger partial charge in [-0.3, -0.25) is 25.0 Å². The Kier molecular flexibility index (Phi) is 7.11. The molecular weight excluding hydrogens is 550 g/mol. The normalized spacial score (nSPS) is 14.5. The number of ether oxygens (including phenoxy) is 1. The van der Waals surface area contributed by atoms with E-state index in [2.05, 4.69) is 21.2 Å². The average Bonchev–Trinajstić information content (AvgIpc) is 2.86. The second kappa shape index (κ2) is 10.4. The molecule has 1 fully saturated rings. The fourth-order valence-electron chi connectivity index (χ4n) is 3.46. The highest BCUT2D eigenvalue weighted by atomic mass is 79.9. The lowest BCUT2D eigenvalue weighted by atomic mass is 10.1. The number of halogens is 1. The fourth-order valence-corrected chi connectivity index (χ4v) is 3.84. The van der Waals surface area contributed by atoms with Gasteiger partial charge in [0.1, 0.15) is 17.9 Å². The molecule has 12 heteroatoms. The number of carbonyl (C=O) groups is 4. The third kappa shape index (κ3) is 5.54. The lowest BCUT2D eigenvalue weighted by Crippen LogP contribution is -2.54. The van der Waals surface area contributed by atoms with Gasteiger partial charge in [-0.05, 0) is 48.0 Å². The Hall–Kier alpha value is -4.84. The summed E-state index contributed by atoms with van der Waals surface area (Å²) in [5.74, 6) is -2.66. The number of carboxylic acid groups (broad SMARTS) is 1. The van der Waals surface area contributed by atoms with Crippen molar-refractivity contribution >= 4 is 57.2 Å². The van der Waals surface area contributed by atoms with Gasteiger partial charge in [-0.15, -0.1) is 0 Å². The first-order chi connectivity index (χ1) is 17.6. The first-order valence-corrected chi connectivity index (χ1v) is 11.3. The van der Waals surface area contributed by atoms with Crippen LogP contribution in [0.15, 0.2) is 76.8 Å². The van der Waals surface area contributed by atoms with E-state index in [0.717, 1.165) is 6.07 Å². The molecule has 4 rings (SSSR count). The van der Waals surface area contributed by atoms with Crippen LogP contribution in [0.25, 0.3) is 6.08 Å². The summed E-state index contributed by atoms with van der Waals surface area (Å²) < 4.78 is 6.47. The Bertz CT molecular complexity index is 1480. The van der Waals surface area contributed by atoms with E-state index in [1.807, 2.05) is 0 Å². The van der Waals surface area contributed by atoms with Crippen LogP contribution in [0.1, 0.15) is 21.5 Å². The number of aromatic carboxylic acids is 1. The van der Waals surface area contributed by atoms with Crippen molar-refractivity contribution in [2.75, 3.05) is 4.90 Å². The van der Waals surface area contributed by atoms with Gasteiger partial charge in [-0.2, -0.15) is 0 Å². The number of rotatable bonds is 7. The highest BCUT2D eigenvalue weighted by Crippen LogP contribution is 2.29. The van der Waals surface area contributed by atoms with Crippen molar-refractivity contribution in [2.45, 2.75) is 6.61 Å². The number of carbonyl (C=O) groups excluding carboxylic acids is 3. The summed E-state index contributed by atoms with van der Waals surface area (Å²) in [5.41, 5.74) is 0.344. The van der Waals surface area contributed by atoms with Crippen LogP contribution in [0.4, 0.5) is 16.2 Å². The van der Waals surface area contributed by atoms with E-state index in [9.17, 15) is 29.3 Å². The summed E-state index contributed by atoms with van der Waals surface area (Å²) in [5, 5.41) is 22.2. The summed E-state index contributed by atoms with van der Waals surface area (Å²) in [6.45, 7) is 0.0656. The number of anilines is 1. The minimum absolute atomic E-state index is 0.0656. The predicted octanol–water partition coefficient (Wildman–Crippen LogP) is 4.30. The number of benzene rings is 3. The molecule has 3 aromatic rings. The molecule has 0 unspecified atom stereocenters. The lowest BCUT2D eigenvalue weighted by molar-refractivity contribution is -0.384. The van der Waals surface area contributed by atoms with E-state index in [1.54, 1.807) is 30.3 Å². The largest absolute Gasteiger partial charge is 0.488 e. The molecule has 0 bridgehead atoms. The molecule has 0 aliphatic carbocycles. The molecule has 0 saturated carbocycles. The van der Waals surface area contributed by atoms with E-state index in [1.165, 1.54) is 36.4 Å². The molecular formula is C25H16BrN3O8. The van der Waals surface area contributed by atoms with Gasteiger partial charge in [-0.1, -0.05) is 34.1 Å². The molecule has 1 aliphatic heterocycles. The number of urea groups is 1. The molecule has 0 spiro atoms. The second-order valence-corrected chi connectivity index (χ2v) is 8.62. The van der Waals surface area contributed by atoms with Gasteiger partial charge in [0.2, 0.25) is 0 Å². The number of hydrogen-bond donors (Lipinski definition) is 2. The number of nitro benzene ring substituents is 1. The van der Waals surface area contributed by atoms with Crippen molar-refractivity contribution < 1.29 is 33.9 Å². The second-order valence-electron chi connectivity index (χ2n) is 7.71. The summed E-state index contributed by atoms with van der Waals surface area (Å²) >= 11 is 3.33. The number of barbiturate groups is 1. The van der Waals surface area contributed by atoms with Crippen LogP contribution in [0.5, 0.6) is 5.75 Å². The first kappa shape index (κ1) is 25.3. The molecule has 2 N–H and O–H groups in total. The Morgan fingerprint density at radius 2 is 1.81 bits per heavy atom. The molecule has 0 aromatic heterocycles. The summed E-state index contributed by atoms with van der Waals surface area (Å²) in [7, 11) is 0. The topological polar surface area (TPSA) is 156 Å². The maximum Gasteiger partial charge on any atom is 0.335 e. The Balaban J connectivity index is 1.65. The van der Waals surface area contributed by atoms with Crippen molar-refractivity contribution in [1.29, 1.82) is 0 Å². The van der Waals surface area contributed by atoms with Crippen LogP contribution < -0.4 is 15.0 Å². The van der Waals surface area contributed by atoms with Crippen LogP contribution in [-0.2, 0) is 16.2 Å². The number of amides is 4. The third-order valence-corrected chi connectivity index (χ3v) is 5.76. The Labute approximate surface area is 217 Å². The molecule has 11 nitrogen and oxygen atoms in total. The minimum atomic E-state index is -1.05. The summed E-state index contributed by atoms with van der Waals surface area (Å²) in [6.07, 6.45) is 1.25. The number of non-ortho nitro benzene ring substituents is 1. The monoisotopic (exact) mass is 565 g/mol. The summed E-state index contributed by atoms with van der Waals surface area (Å²) in [6, 6.07) is 14.8. The number of imide groups is 2. The zero-order chi connectivity index (χ0) is 26.7. The smallest absolute Gasteiger partial charge is 0.335 e. The molecule has 37 heavy (non-hydrogen) atoms. The number of nitro groups is 1. The van der Waals surface area contributed by atoms with E-state index in [4.69, 9.17) is 9.84 Å². The zero-order valence-corrected chi connectivity index (χ0v) is 20.3. The molecule has 186 valence electrons. The van der Waals surface area contributed by atoms with Crippen molar-refractivity contribution in [1.82, 2.24) is 5.32 Å². The maximum absolute atomic E-state index is 13.2. The van der Waals surface area contributed by atoms with Gasteiger partial charge in [-0.25, -0.2) is 14.5 Å². The predicted molar refractivity (Wildman–Crippen MR) is 134 cm³/mol. The zero-order valence-electron chi connectivity index (χ0n) is 18.7. The maximum atomic E-state index is 13.2. The van der Waals surface area contributed by atoms with Crippen molar-refractivity contribution in [3.05, 3.63) is 104 Å². The highest BCUT2D eigenvalue weighted by Gasteiger charge is 2.37. The SMILES string of the molecule is O=C1NC(=O)N(c2cccc([N+](=O)[O-])c2)C(=O)/C1=C/c1cc(Br)ccc1OCc1ccc(C(=O)O)cc1. The number of hydrogen-bond acceptors (Lipinski definition) is 7. The van der Waals surface area contributed by atoms with Crippen LogP contribution in [0.2, 0.25) is 0 Å². The molecule has 1 heterocycles. The van der Waals surface area contributed by atoms with E-state index in [0.29, 0.717) is 26.2 Å². The van der Waals surface area contributed by atoms with Crippen LogP contribution in [0, 0.1) is 10.1 Å². The lowest BCUT2D eigenvalue weighted by Gasteiger charge is -2.26. The Morgan fingerprint density at radius 3 is 2.49 bits per heavy atom. The molecule has 1 saturated heterocycles. The van der Waals surface area contributed by atoms with Crippen molar-refractivity contribution in [3.8, 4) is 5.75 Å². The number of nitrogens with one attached hydrogen (secondary N) is 1. The molecule has 3 aromatic carbocycles. The molecule has 0 atom stereocenters. The van der Waals surface area contributed by atoms with Crippen LogP contribution in [-0.4, -0.2) is 33.8 Å². The van der Waals surface area contributed by atoms with Crippen LogP contribution in [0.3, 0.4) is 0 Å². The standard InChI is InChI=1S/C25H16BrN3O8/c26-17-8-9-21(37-13-14-4-6-15(7-5-14)24(32)33)16(10-17)11-20-22(30)27-25(34)28(23(20)31)18-2-1-3-19(12-18)29(35)36/h1-12H,13H2,(H,32,33)(H,27,30,34)/b20-11+. The van der Waals surface area contributed by atoms with Gasteiger partial charge >= 0.3 is 12.0 Å². The van der Waals surface area contributed by atoms with Gasteiger partial charge in [0, 0.05) is 22.2 Å². The van der Waals surface area contributed by atoms with E-state index >= 15 is 0 Å². The molecule has 0 radical (unpaired) electrons. The quantitative estimate of drug-likeness (QED) is 0.186. The van der Waals surface area contributed by atoms with E-state index in [-0.39, 0.29) is 29.1 Å². The van der Waals surface area contributed by atoms with Gasteiger partial charge in [0.15, 0.2) is 0 Å². The minimum Gasteiger partial charge on any atom is -0.488 e. The highest BCUT2D eigenvalue weighted by molar-refractivity contribution is 9.10. The van der Waals surface area contributed by atoms with Gasteiger partial charge in [0.25, 0.3) is 17.5 Å².